The zero-order valence-corrected chi connectivity index (χ0v) is 15.4. The molecule has 0 saturated heterocycles. The standard InChI is InChI=1S/C23H16F3NO2/c1-29-27-21(16-11-13-17(14-12-16)23(24,25)26)20(15-7-3-2-4-8-15)18-9-5-6-10-19(18)22(27)28/h2-14H,1H3. The van der Waals surface area contributed by atoms with Crippen molar-refractivity contribution in [2.24, 2.45) is 0 Å². The first kappa shape index (κ1) is 18.8. The average Bonchev–Trinajstić information content (AvgIpc) is 2.74. The normalized spacial score (nSPS) is 11.6. The van der Waals surface area contributed by atoms with E-state index < -0.39 is 11.7 Å². The highest BCUT2D eigenvalue weighted by Gasteiger charge is 2.30. The van der Waals surface area contributed by atoms with E-state index in [2.05, 4.69) is 0 Å². The number of hydrogen-bond donors (Lipinski definition) is 0. The molecule has 3 nitrogen and oxygen atoms in total. The van der Waals surface area contributed by atoms with Crippen molar-refractivity contribution in [1.82, 2.24) is 4.73 Å². The van der Waals surface area contributed by atoms with Crippen LogP contribution in [0.2, 0.25) is 0 Å². The van der Waals surface area contributed by atoms with Gasteiger partial charge in [-0.2, -0.15) is 13.2 Å². The Bertz CT molecular complexity index is 1230. The molecule has 0 radical (unpaired) electrons. The van der Waals surface area contributed by atoms with Crippen LogP contribution < -0.4 is 10.4 Å². The van der Waals surface area contributed by atoms with Gasteiger partial charge in [0, 0.05) is 11.1 Å². The predicted octanol–water partition coefficient (Wildman–Crippen LogP) is 5.41. The molecule has 1 aromatic heterocycles. The Morgan fingerprint density at radius 2 is 1.34 bits per heavy atom. The van der Waals surface area contributed by atoms with Gasteiger partial charge in [-0.25, -0.2) is 0 Å². The van der Waals surface area contributed by atoms with Crippen LogP contribution in [-0.4, -0.2) is 11.8 Å². The summed E-state index contributed by atoms with van der Waals surface area (Å²) in [6.45, 7) is 0. The molecule has 29 heavy (non-hydrogen) atoms. The predicted molar refractivity (Wildman–Crippen MR) is 107 cm³/mol. The van der Waals surface area contributed by atoms with Crippen LogP contribution in [0.3, 0.4) is 0 Å². The van der Waals surface area contributed by atoms with Crippen molar-refractivity contribution in [3.05, 3.63) is 94.8 Å². The molecule has 0 aliphatic carbocycles. The zero-order valence-electron chi connectivity index (χ0n) is 15.4. The number of hydrogen-bond acceptors (Lipinski definition) is 2. The Hall–Kier alpha value is -3.54. The first-order chi connectivity index (χ1) is 13.9. The molecule has 0 bridgehead atoms. The molecule has 4 aromatic rings. The van der Waals surface area contributed by atoms with Gasteiger partial charge in [0.25, 0.3) is 5.56 Å². The molecule has 0 saturated carbocycles. The van der Waals surface area contributed by atoms with E-state index in [9.17, 15) is 18.0 Å². The zero-order chi connectivity index (χ0) is 20.6. The fourth-order valence-corrected chi connectivity index (χ4v) is 3.48. The molecule has 0 fully saturated rings. The summed E-state index contributed by atoms with van der Waals surface area (Å²) in [5.41, 5.74) is 1.25. The van der Waals surface area contributed by atoms with Gasteiger partial charge in [0.05, 0.1) is 16.6 Å². The fraction of sp³-hybridized carbons (Fsp3) is 0.0870. The van der Waals surface area contributed by atoms with Crippen molar-refractivity contribution in [1.29, 1.82) is 0 Å². The van der Waals surface area contributed by atoms with Crippen molar-refractivity contribution in [3.63, 3.8) is 0 Å². The minimum absolute atomic E-state index is 0.377. The Kier molecular flexibility index (Phi) is 4.62. The number of halogens is 3. The lowest BCUT2D eigenvalue weighted by Gasteiger charge is -2.19. The lowest BCUT2D eigenvalue weighted by atomic mass is 9.93. The highest BCUT2D eigenvalue weighted by Crippen LogP contribution is 2.37. The smallest absolute Gasteiger partial charge is 0.413 e. The summed E-state index contributed by atoms with van der Waals surface area (Å²) >= 11 is 0. The van der Waals surface area contributed by atoms with E-state index in [0.29, 0.717) is 27.6 Å². The van der Waals surface area contributed by atoms with Crippen molar-refractivity contribution < 1.29 is 18.0 Å². The Balaban J connectivity index is 2.11. The molecule has 0 N–H and O–H groups in total. The van der Waals surface area contributed by atoms with Gasteiger partial charge in [-0.1, -0.05) is 60.7 Å². The molecule has 146 valence electrons. The Morgan fingerprint density at radius 3 is 1.93 bits per heavy atom. The highest BCUT2D eigenvalue weighted by molar-refractivity contribution is 6.02. The van der Waals surface area contributed by atoms with E-state index in [1.54, 1.807) is 12.1 Å². The van der Waals surface area contributed by atoms with Crippen molar-refractivity contribution >= 4 is 10.8 Å². The van der Waals surface area contributed by atoms with E-state index >= 15 is 0 Å². The molecule has 1 heterocycles. The minimum atomic E-state index is -4.44. The van der Waals surface area contributed by atoms with Gasteiger partial charge in [-0.15, -0.1) is 4.73 Å². The maximum absolute atomic E-state index is 13.0. The minimum Gasteiger partial charge on any atom is -0.413 e. The van der Waals surface area contributed by atoms with Crippen LogP contribution >= 0.6 is 0 Å². The summed E-state index contributed by atoms with van der Waals surface area (Å²) in [6, 6.07) is 21.2. The quantitative estimate of drug-likeness (QED) is 0.464. The highest BCUT2D eigenvalue weighted by atomic mass is 19.4. The molecule has 0 amide bonds. The molecule has 4 rings (SSSR count). The van der Waals surface area contributed by atoms with Crippen LogP contribution in [0, 0.1) is 0 Å². The summed E-state index contributed by atoms with van der Waals surface area (Å²) in [4.78, 5) is 18.4. The van der Waals surface area contributed by atoms with Gasteiger partial charge >= 0.3 is 6.18 Å². The number of rotatable bonds is 3. The monoisotopic (exact) mass is 395 g/mol. The summed E-state index contributed by atoms with van der Waals surface area (Å²) < 4.78 is 40.1. The van der Waals surface area contributed by atoms with Crippen molar-refractivity contribution in [3.8, 4) is 22.4 Å². The van der Waals surface area contributed by atoms with Gasteiger partial charge in [0.15, 0.2) is 0 Å². The second-order valence-electron chi connectivity index (χ2n) is 6.49. The molecular weight excluding hydrogens is 379 g/mol. The first-order valence-electron chi connectivity index (χ1n) is 8.87. The lowest BCUT2D eigenvalue weighted by molar-refractivity contribution is -0.137. The van der Waals surface area contributed by atoms with Crippen molar-refractivity contribution in [2.75, 3.05) is 7.11 Å². The maximum atomic E-state index is 13.0. The molecule has 0 unspecified atom stereocenters. The molecule has 0 atom stereocenters. The van der Waals surface area contributed by atoms with Crippen LogP contribution in [0.5, 0.6) is 0 Å². The van der Waals surface area contributed by atoms with Gasteiger partial charge in [-0.05, 0) is 29.1 Å². The fourth-order valence-electron chi connectivity index (χ4n) is 3.48. The second-order valence-corrected chi connectivity index (χ2v) is 6.49. The van der Waals surface area contributed by atoms with E-state index in [-0.39, 0.29) is 5.56 Å². The van der Waals surface area contributed by atoms with Gasteiger partial charge < -0.3 is 4.84 Å². The van der Waals surface area contributed by atoms with E-state index in [1.807, 2.05) is 42.5 Å². The molecule has 3 aromatic carbocycles. The van der Waals surface area contributed by atoms with Crippen molar-refractivity contribution in [2.45, 2.75) is 6.18 Å². The average molecular weight is 395 g/mol. The lowest BCUT2D eigenvalue weighted by Crippen LogP contribution is -2.27. The van der Waals surface area contributed by atoms with Crippen LogP contribution in [0.25, 0.3) is 33.2 Å². The molecular formula is C23H16F3NO2. The van der Waals surface area contributed by atoms with Gasteiger partial charge in [0.1, 0.15) is 7.11 Å². The molecule has 6 heteroatoms. The molecule has 0 aliphatic heterocycles. The summed E-state index contributed by atoms with van der Waals surface area (Å²) in [6.07, 6.45) is -4.44. The van der Waals surface area contributed by atoms with Crippen LogP contribution in [0.4, 0.5) is 13.2 Å². The second kappa shape index (κ2) is 7.13. The van der Waals surface area contributed by atoms with Crippen LogP contribution in [-0.2, 0) is 6.18 Å². The number of pyridine rings is 1. The number of fused-ring (bicyclic) bond motifs is 1. The SMILES string of the molecule is COn1c(-c2ccc(C(F)(F)F)cc2)c(-c2ccccc2)c2ccccc2c1=O. The number of nitrogens with zero attached hydrogens (tertiary/aromatic N) is 1. The Labute approximate surface area is 164 Å². The number of aromatic nitrogens is 1. The van der Waals surface area contributed by atoms with Crippen LogP contribution in [0.1, 0.15) is 5.56 Å². The summed E-state index contributed by atoms with van der Waals surface area (Å²) in [5.74, 6) is 0. The van der Waals surface area contributed by atoms with E-state index in [4.69, 9.17) is 4.84 Å². The topological polar surface area (TPSA) is 31.2 Å². The van der Waals surface area contributed by atoms with E-state index in [1.165, 1.54) is 19.2 Å². The van der Waals surface area contributed by atoms with Gasteiger partial charge in [-0.3, -0.25) is 4.79 Å². The van der Waals surface area contributed by atoms with Gasteiger partial charge in [0.2, 0.25) is 0 Å². The summed E-state index contributed by atoms with van der Waals surface area (Å²) in [7, 11) is 1.36. The largest absolute Gasteiger partial charge is 0.416 e. The molecule has 0 spiro atoms. The first-order valence-corrected chi connectivity index (χ1v) is 8.87. The number of alkyl halides is 3. The summed E-state index contributed by atoms with van der Waals surface area (Å²) in [5, 5.41) is 1.16. The third kappa shape index (κ3) is 3.27. The van der Waals surface area contributed by atoms with Crippen LogP contribution in [0.15, 0.2) is 83.7 Å². The maximum Gasteiger partial charge on any atom is 0.416 e. The van der Waals surface area contributed by atoms with E-state index in [0.717, 1.165) is 22.4 Å². The third-order valence-electron chi connectivity index (χ3n) is 4.78. The molecule has 0 aliphatic rings. The third-order valence-corrected chi connectivity index (χ3v) is 4.78. The Morgan fingerprint density at radius 1 is 0.759 bits per heavy atom. The number of benzene rings is 3.